The predicted octanol–water partition coefficient (Wildman–Crippen LogP) is 4.02. The average molecular weight is 467 g/mol. The second-order valence-electron chi connectivity index (χ2n) is 8.40. The average Bonchev–Trinajstić information content (AvgIpc) is 3.17. The lowest BCUT2D eigenvalue weighted by Crippen LogP contribution is -2.43. The molecule has 1 aliphatic heterocycles. The fourth-order valence-electron chi connectivity index (χ4n) is 3.93. The Labute approximate surface area is 199 Å². The van der Waals surface area contributed by atoms with Gasteiger partial charge in [-0.2, -0.15) is 5.26 Å². The number of likely N-dealkylation sites (N-methyl/N-ethyl adjacent to an activating group) is 1. The minimum Gasteiger partial charge on any atom is -0.496 e. The molecule has 1 N–H and O–H groups in total. The summed E-state index contributed by atoms with van der Waals surface area (Å²) in [4.78, 5) is 29.3. The largest absolute Gasteiger partial charge is 0.496 e. The molecule has 0 bridgehead atoms. The summed E-state index contributed by atoms with van der Waals surface area (Å²) >= 11 is 6.12. The molecular formula is C25H27ClN4O3. The second-order valence-corrected chi connectivity index (χ2v) is 8.84. The molecule has 0 aliphatic carbocycles. The minimum atomic E-state index is -0.877. The molecular weight excluding hydrogens is 440 g/mol. The van der Waals surface area contributed by atoms with Crippen molar-refractivity contribution in [2.75, 3.05) is 32.6 Å². The van der Waals surface area contributed by atoms with Crippen molar-refractivity contribution < 1.29 is 14.3 Å². The Balaban J connectivity index is 1.71. The summed E-state index contributed by atoms with van der Waals surface area (Å²) in [5, 5.41) is 13.1. The van der Waals surface area contributed by atoms with Crippen LogP contribution in [0.4, 0.5) is 5.69 Å². The summed E-state index contributed by atoms with van der Waals surface area (Å²) in [6, 6.07) is 15.8. The van der Waals surface area contributed by atoms with Crippen molar-refractivity contribution in [2.24, 2.45) is 5.41 Å². The molecule has 1 aliphatic rings. The monoisotopic (exact) mass is 466 g/mol. The Bertz CT molecular complexity index is 1100. The molecule has 0 radical (unpaired) electrons. The van der Waals surface area contributed by atoms with E-state index in [0.29, 0.717) is 27.7 Å². The molecule has 3 rings (SSSR count). The van der Waals surface area contributed by atoms with Gasteiger partial charge in [-0.3, -0.25) is 9.59 Å². The highest BCUT2D eigenvalue weighted by atomic mass is 35.5. The van der Waals surface area contributed by atoms with Crippen LogP contribution in [-0.2, 0) is 9.59 Å². The van der Waals surface area contributed by atoms with Gasteiger partial charge in [0.05, 0.1) is 25.1 Å². The Hall–Kier alpha value is -3.50. The van der Waals surface area contributed by atoms with E-state index in [1.54, 1.807) is 56.3 Å². The molecule has 7 nitrogen and oxygen atoms in total. The van der Waals surface area contributed by atoms with Gasteiger partial charge in [-0.1, -0.05) is 36.4 Å². The third-order valence-electron chi connectivity index (χ3n) is 5.89. The van der Waals surface area contributed by atoms with Crippen molar-refractivity contribution in [3.63, 3.8) is 0 Å². The highest BCUT2D eigenvalue weighted by molar-refractivity contribution is 6.30. The van der Waals surface area contributed by atoms with E-state index in [1.165, 1.54) is 4.90 Å². The summed E-state index contributed by atoms with van der Waals surface area (Å²) in [5.74, 6) is 0.109. The standard InChI is InChI=1S/C25H27ClN4O3/c1-17(21-12-18(26)10-11-22(21)33-4)29(3)15-23(31)30-16-25(2,13-20(30)14-27)24(32)28-19-8-6-5-7-9-19/h5-12,20H,1,13,15-16H2,2-4H3,(H,28,32). The second kappa shape index (κ2) is 9.97. The van der Waals surface area contributed by atoms with Gasteiger partial charge in [-0.25, -0.2) is 0 Å². The first-order chi connectivity index (χ1) is 15.7. The molecule has 1 heterocycles. The maximum atomic E-state index is 13.2. The number of likely N-dealkylation sites (tertiary alicyclic amines) is 1. The van der Waals surface area contributed by atoms with Crippen LogP contribution in [0.1, 0.15) is 18.9 Å². The Kier molecular flexibility index (Phi) is 7.29. The van der Waals surface area contributed by atoms with E-state index in [2.05, 4.69) is 18.0 Å². The van der Waals surface area contributed by atoms with Gasteiger partial charge in [0.1, 0.15) is 11.8 Å². The molecule has 2 unspecified atom stereocenters. The zero-order valence-corrected chi connectivity index (χ0v) is 19.7. The smallest absolute Gasteiger partial charge is 0.243 e. The van der Waals surface area contributed by atoms with E-state index < -0.39 is 11.5 Å². The van der Waals surface area contributed by atoms with Crippen LogP contribution < -0.4 is 10.1 Å². The Morgan fingerprint density at radius 1 is 1.33 bits per heavy atom. The summed E-state index contributed by atoms with van der Waals surface area (Å²) in [6.07, 6.45) is 0.265. The molecule has 2 atom stereocenters. The molecule has 33 heavy (non-hydrogen) atoms. The molecule has 0 saturated carbocycles. The predicted molar refractivity (Wildman–Crippen MR) is 129 cm³/mol. The number of benzene rings is 2. The number of hydrogen-bond donors (Lipinski definition) is 1. The minimum absolute atomic E-state index is 0.0108. The van der Waals surface area contributed by atoms with E-state index in [4.69, 9.17) is 16.3 Å². The van der Waals surface area contributed by atoms with Crippen LogP contribution in [0.3, 0.4) is 0 Å². The first kappa shape index (κ1) is 24.1. The van der Waals surface area contributed by atoms with E-state index in [9.17, 15) is 14.9 Å². The van der Waals surface area contributed by atoms with Crippen molar-refractivity contribution in [3.8, 4) is 11.8 Å². The number of methoxy groups -OCH3 is 1. The van der Waals surface area contributed by atoms with Crippen LogP contribution in [-0.4, -0.2) is 54.9 Å². The first-order valence-electron chi connectivity index (χ1n) is 10.5. The highest BCUT2D eigenvalue weighted by Gasteiger charge is 2.47. The zero-order chi connectivity index (χ0) is 24.2. The van der Waals surface area contributed by atoms with E-state index >= 15 is 0 Å². The fourth-order valence-corrected chi connectivity index (χ4v) is 4.11. The number of nitrogens with one attached hydrogen (secondary N) is 1. The number of nitrogens with zero attached hydrogens (tertiary/aromatic N) is 3. The van der Waals surface area contributed by atoms with Gasteiger partial charge in [-0.15, -0.1) is 0 Å². The van der Waals surface area contributed by atoms with E-state index in [0.717, 1.165) is 0 Å². The van der Waals surface area contributed by atoms with Crippen LogP contribution >= 0.6 is 11.6 Å². The number of para-hydroxylation sites is 1. The molecule has 2 amide bonds. The van der Waals surface area contributed by atoms with Crippen molar-refractivity contribution in [2.45, 2.75) is 19.4 Å². The van der Waals surface area contributed by atoms with Gasteiger partial charge in [0.25, 0.3) is 0 Å². The normalized spacial score (nSPS) is 19.5. The number of hydrogen-bond acceptors (Lipinski definition) is 5. The maximum absolute atomic E-state index is 13.2. The molecule has 1 saturated heterocycles. The molecule has 172 valence electrons. The quantitative estimate of drug-likeness (QED) is 0.666. The van der Waals surface area contributed by atoms with E-state index in [-0.39, 0.29) is 31.3 Å². The number of anilines is 1. The lowest BCUT2D eigenvalue weighted by atomic mass is 9.87. The molecule has 2 aromatic carbocycles. The summed E-state index contributed by atoms with van der Waals surface area (Å²) < 4.78 is 5.38. The first-order valence-corrected chi connectivity index (χ1v) is 10.9. The number of nitriles is 1. The zero-order valence-electron chi connectivity index (χ0n) is 19.0. The number of halogens is 1. The van der Waals surface area contributed by atoms with Crippen LogP contribution in [0.25, 0.3) is 5.70 Å². The van der Waals surface area contributed by atoms with Gasteiger partial charge < -0.3 is 19.9 Å². The molecule has 1 fully saturated rings. The Morgan fingerprint density at radius 3 is 2.67 bits per heavy atom. The summed E-state index contributed by atoms with van der Waals surface area (Å²) in [6.45, 7) is 6.01. The number of amides is 2. The topological polar surface area (TPSA) is 85.7 Å². The third kappa shape index (κ3) is 5.29. The van der Waals surface area contributed by atoms with Crippen LogP contribution in [0, 0.1) is 16.7 Å². The molecule has 0 spiro atoms. The van der Waals surface area contributed by atoms with Crippen molar-refractivity contribution in [1.29, 1.82) is 5.26 Å². The fraction of sp³-hybridized carbons (Fsp3) is 0.320. The van der Waals surface area contributed by atoms with Gasteiger partial charge in [0.2, 0.25) is 11.8 Å². The number of carbonyl (C=O) groups excluding carboxylic acids is 2. The Morgan fingerprint density at radius 2 is 2.03 bits per heavy atom. The lowest BCUT2D eigenvalue weighted by molar-refractivity contribution is -0.132. The molecule has 0 aromatic heterocycles. The van der Waals surface area contributed by atoms with Crippen molar-refractivity contribution in [3.05, 3.63) is 65.7 Å². The van der Waals surface area contributed by atoms with Crippen LogP contribution in [0.15, 0.2) is 55.1 Å². The molecule has 2 aromatic rings. The van der Waals surface area contributed by atoms with Gasteiger partial charge >= 0.3 is 0 Å². The molecule has 8 heteroatoms. The highest BCUT2D eigenvalue weighted by Crippen LogP contribution is 2.36. The number of ether oxygens (including phenoxy) is 1. The van der Waals surface area contributed by atoms with Crippen molar-refractivity contribution >= 4 is 34.8 Å². The van der Waals surface area contributed by atoms with E-state index in [1.807, 2.05) is 18.2 Å². The number of carbonyl (C=O) groups is 2. The third-order valence-corrected chi connectivity index (χ3v) is 6.13. The van der Waals surface area contributed by atoms with Gasteiger partial charge in [0.15, 0.2) is 0 Å². The van der Waals surface area contributed by atoms with Gasteiger partial charge in [0, 0.05) is 35.6 Å². The summed E-state index contributed by atoms with van der Waals surface area (Å²) in [5.41, 5.74) is 1.02. The van der Waals surface area contributed by atoms with Crippen LogP contribution in [0.5, 0.6) is 5.75 Å². The van der Waals surface area contributed by atoms with Crippen molar-refractivity contribution in [1.82, 2.24) is 9.80 Å². The summed E-state index contributed by atoms with van der Waals surface area (Å²) in [7, 11) is 3.29. The van der Waals surface area contributed by atoms with Gasteiger partial charge in [-0.05, 0) is 43.7 Å². The SMILES string of the molecule is C=C(c1cc(Cl)ccc1OC)N(C)CC(=O)N1CC(C)(C(=O)Nc2ccccc2)CC1C#N. The number of rotatable bonds is 7. The maximum Gasteiger partial charge on any atom is 0.243 e. The lowest BCUT2D eigenvalue weighted by Gasteiger charge is -2.27. The van der Waals surface area contributed by atoms with Crippen LogP contribution in [0.2, 0.25) is 5.02 Å².